The van der Waals surface area contributed by atoms with Crippen molar-refractivity contribution >= 4 is 23.5 Å². The molecular weight excluding hydrogens is 400 g/mol. The molecule has 2 N–H and O–H groups in total. The van der Waals surface area contributed by atoms with E-state index in [4.69, 9.17) is 14.6 Å². The van der Waals surface area contributed by atoms with Crippen LogP contribution in [0.5, 0.6) is 11.5 Å². The number of para-hydroxylation sites is 2. The Hall–Kier alpha value is -3.55. The first-order chi connectivity index (χ1) is 14.9. The number of ether oxygens (including phenoxy) is 2. The zero-order valence-electron chi connectivity index (χ0n) is 17.6. The molecule has 0 unspecified atom stereocenters. The normalized spacial score (nSPS) is 12.7. The van der Waals surface area contributed by atoms with Gasteiger partial charge in [-0.2, -0.15) is 0 Å². The van der Waals surface area contributed by atoms with Crippen molar-refractivity contribution in [2.24, 2.45) is 0 Å². The van der Waals surface area contributed by atoms with Gasteiger partial charge in [-0.25, -0.2) is 4.79 Å². The SMILES string of the molecule is COc1ccccc1OCC(=O)N(CCC(=O)Nc1cc(C(=O)O)ccc1C)C1CC1. The fourth-order valence-corrected chi connectivity index (χ4v) is 3.18. The number of hydrogen-bond acceptors (Lipinski definition) is 5. The molecule has 0 heterocycles. The van der Waals surface area contributed by atoms with Gasteiger partial charge in [0, 0.05) is 24.7 Å². The maximum absolute atomic E-state index is 12.7. The van der Waals surface area contributed by atoms with Crippen LogP contribution in [-0.2, 0) is 9.59 Å². The summed E-state index contributed by atoms with van der Waals surface area (Å²) >= 11 is 0. The Morgan fingerprint density at radius 1 is 1.13 bits per heavy atom. The minimum atomic E-state index is -1.06. The van der Waals surface area contributed by atoms with Crippen LogP contribution in [0.2, 0.25) is 0 Å². The highest BCUT2D eigenvalue weighted by atomic mass is 16.5. The van der Waals surface area contributed by atoms with E-state index < -0.39 is 5.97 Å². The molecule has 0 atom stereocenters. The van der Waals surface area contributed by atoms with Crippen LogP contribution >= 0.6 is 0 Å². The predicted octanol–water partition coefficient (Wildman–Crippen LogP) is 3.10. The maximum atomic E-state index is 12.7. The molecule has 2 aromatic rings. The number of carboxylic acid groups (broad SMARTS) is 1. The number of amides is 2. The fourth-order valence-electron chi connectivity index (χ4n) is 3.18. The van der Waals surface area contributed by atoms with Crippen molar-refractivity contribution in [2.75, 3.05) is 25.6 Å². The number of anilines is 1. The molecule has 0 aromatic heterocycles. The Balaban J connectivity index is 1.56. The lowest BCUT2D eigenvalue weighted by molar-refractivity contribution is -0.134. The number of nitrogens with zero attached hydrogens (tertiary/aromatic N) is 1. The van der Waals surface area contributed by atoms with Gasteiger partial charge in [0.15, 0.2) is 18.1 Å². The van der Waals surface area contributed by atoms with Gasteiger partial charge in [0.1, 0.15) is 0 Å². The summed E-state index contributed by atoms with van der Waals surface area (Å²) < 4.78 is 10.9. The second-order valence-corrected chi connectivity index (χ2v) is 7.39. The van der Waals surface area contributed by atoms with E-state index in [0.29, 0.717) is 17.2 Å². The third-order valence-corrected chi connectivity index (χ3v) is 5.07. The van der Waals surface area contributed by atoms with Crippen LogP contribution < -0.4 is 14.8 Å². The molecule has 8 nitrogen and oxygen atoms in total. The quantitative estimate of drug-likeness (QED) is 0.605. The van der Waals surface area contributed by atoms with E-state index >= 15 is 0 Å². The molecule has 0 saturated heterocycles. The van der Waals surface area contributed by atoms with Crippen LogP contribution in [0.3, 0.4) is 0 Å². The second kappa shape index (κ2) is 9.97. The van der Waals surface area contributed by atoms with Crippen LogP contribution in [0.25, 0.3) is 0 Å². The number of hydrogen-bond donors (Lipinski definition) is 2. The zero-order chi connectivity index (χ0) is 22.4. The van der Waals surface area contributed by atoms with Gasteiger partial charge in [0.2, 0.25) is 5.91 Å². The number of methoxy groups -OCH3 is 1. The van der Waals surface area contributed by atoms with Crippen molar-refractivity contribution in [1.82, 2.24) is 4.90 Å². The molecule has 0 radical (unpaired) electrons. The van der Waals surface area contributed by atoms with Gasteiger partial charge in [-0.3, -0.25) is 9.59 Å². The van der Waals surface area contributed by atoms with Crippen molar-refractivity contribution < 1.29 is 29.0 Å². The third-order valence-electron chi connectivity index (χ3n) is 5.07. The Labute approximate surface area is 180 Å². The van der Waals surface area contributed by atoms with E-state index in [0.717, 1.165) is 18.4 Å². The fraction of sp³-hybridized carbons (Fsp3) is 0.348. The lowest BCUT2D eigenvalue weighted by atomic mass is 10.1. The highest BCUT2D eigenvalue weighted by Gasteiger charge is 2.33. The lowest BCUT2D eigenvalue weighted by Crippen LogP contribution is -2.38. The van der Waals surface area contributed by atoms with E-state index in [1.165, 1.54) is 19.2 Å². The summed E-state index contributed by atoms with van der Waals surface area (Å²) in [6.07, 6.45) is 1.91. The van der Waals surface area contributed by atoms with Gasteiger partial charge < -0.3 is 24.8 Å². The third kappa shape index (κ3) is 5.97. The zero-order valence-corrected chi connectivity index (χ0v) is 17.6. The van der Waals surface area contributed by atoms with Gasteiger partial charge in [0.05, 0.1) is 12.7 Å². The summed E-state index contributed by atoms with van der Waals surface area (Å²) in [6, 6.07) is 11.8. The first-order valence-corrected chi connectivity index (χ1v) is 10.1. The number of rotatable bonds is 10. The van der Waals surface area contributed by atoms with Crippen LogP contribution in [0.4, 0.5) is 5.69 Å². The molecule has 0 spiro atoms. The molecule has 0 aliphatic heterocycles. The van der Waals surface area contributed by atoms with E-state index in [1.807, 2.05) is 6.07 Å². The van der Waals surface area contributed by atoms with E-state index in [9.17, 15) is 14.4 Å². The summed E-state index contributed by atoms with van der Waals surface area (Å²) in [5.41, 5.74) is 1.32. The first kappa shape index (κ1) is 22.1. The molecule has 3 rings (SSSR count). The average Bonchev–Trinajstić information content (AvgIpc) is 3.59. The van der Waals surface area contributed by atoms with Crippen LogP contribution in [-0.4, -0.2) is 54.1 Å². The second-order valence-electron chi connectivity index (χ2n) is 7.39. The minimum absolute atomic E-state index is 0.101. The highest BCUT2D eigenvalue weighted by Crippen LogP contribution is 2.29. The molecule has 1 fully saturated rings. The minimum Gasteiger partial charge on any atom is -0.493 e. The number of aromatic carboxylic acids is 1. The van der Waals surface area contributed by atoms with Gasteiger partial charge in [0.25, 0.3) is 5.91 Å². The summed E-state index contributed by atoms with van der Waals surface area (Å²) in [5.74, 6) is -0.497. The number of carbonyl (C=O) groups excluding carboxylic acids is 2. The molecule has 164 valence electrons. The van der Waals surface area contributed by atoms with Crippen LogP contribution in [0.1, 0.15) is 35.2 Å². The Bertz CT molecular complexity index is 970. The van der Waals surface area contributed by atoms with E-state index in [1.54, 1.807) is 36.1 Å². The van der Waals surface area contributed by atoms with E-state index in [2.05, 4.69) is 5.32 Å². The Morgan fingerprint density at radius 3 is 2.48 bits per heavy atom. The molecule has 0 bridgehead atoms. The number of carboxylic acids is 1. The van der Waals surface area contributed by atoms with Gasteiger partial charge in [-0.1, -0.05) is 18.2 Å². The highest BCUT2D eigenvalue weighted by molar-refractivity contribution is 5.95. The molecule has 31 heavy (non-hydrogen) atoms. The molecule has 1 saturated carbocycles. The molecule has 1 aliphatic carbocycles. The Kier molecular flexibility index (Phi) is 7.12. The smallest absolute Gasteiger partial charge is 0.335 e. The maximum Gasteiger partial charge on any atom is 0.335 e. The number of carbonyl (C=O) groups is 3. The average molecular weight is 426 g/mol. The number of benzene rings is 2. The summed E-state index contributed by atoms with van der Waals surface area (Å²) in [7, 11) is 1.53. The summed E-state index contributed by atoms with van der Waals surface area (Å²) in [6.45, 7) is 1.91. The summed E-state index contributed by atoms with van der Waals surface area (Å²) in [5, 5.41) is 11.9. The number of aryl methyl sites for hydroxylation is 1. The molecule has 2 amide bonds. The van der Waals surface area contributed by atoms with Crippen LogP contribution in [0.15, 0.2) is 42.5 Å². The van der Waals surface area contributed by atoms with Gasteiger partial charge in [-0.05, 0) is 49.6 Å². The van der Waals surface area contributed by atoms with Crippen molar-refractivity contribution in [3.05, 3.63) is 53.6 Å². The van der Waals surface area contributed by atoms with Gasteiger partial charge >= 0.3 is 5.97 Å². The first-order valence-electron chi connectivity index (χ1n) is 10.1. The lowest BCUT2D eigenvalue weighted by Gasteiger charge is -2.22. The molecule has 1 aliphatic rings. The topological polar surface area (TPSA) is 105 Å². The molecular formula is C23H26N2O6. The summed E-state index contributed by atoms with van der Waals surface area (Å²) in [4.78, 5) is 38.0. The molecule has 8 heteroatoms. The standard InChI is InChI=1S/C23H26N2O6/c1-15-7-8-16(23(28)29)13-18(15)24-21(26)11-12-25(17-9-10-17)22(27)14-31-20-6-4-3-5-19(20)30-2/h3-8,13,17H,9-12,14H2,1-2H3,(H,24,26)(H,28,29). The van der Waals surface area contributed by atoms with Crippen LogP contribution in [0, 0.1) is 6.92 Å². The van der Waals surface area contributed by atoms with Crippen molar-refractivity contribution in [1.29, 1.82) is 0 Å². The Morgan fingerprint density at radius 2 is 1.84 bits per heavy atom. The van der Waals surface area contributed by atoms with E-state index in [-0.39, 0.29) is 43.0 Å². The van der Waals surface area contributed by atoms with Crippen molar-refractivity contribution in [2.45, 2.75) is 32.2 Å². The largest absolute Gasteiger partial charge is 0.493 e. The van der Waals surface area contributed by atoms with Crippen molar-refractivity contribution in [3.8, 4) is 11.5 Å². The van der Waals surface area contributed by atoms with Gasteiger partial charge in [-0.15, -0.1) is 0 Å². The van der Waals surface area contributed by atoms with Crippen molar-refractivity contribution in [3.63, 3.8) is 0 Å². The molecule has 2 aromatic carbocycles. The number of nitrogens with one attached hydrogen (secondary N) is 1. The predicted molar refractivity (Wildman–Crippen MR) is 115 cm³/mol. The monoisotopic (exact) mass is 426 g/mol.